The average Bonchev–Trinajstić information content (AvgIpc) is 2.54. The number of hydrogen-bond donors (Lipinski definition) is 1. The van der Waals surface area contributed by atoms with E-state index in [-0.39, 0.29) is 17.6 Å². The highest BCUT2D eigenvalue weighted by Crippen LogP contribution is 2.31. The Balaban J connectivity index is 2.40. The van der Waals surface area contributed by atoms with Crippen LogP contribution in [0.25, 0.3) is 0 Å². The number of ether oxygens (including phenoxy) is 2. The molecule has 0 radical (unpaired) electrons. The largest absolute Gasteiger partial charge is 0.479 e. The number of methoxy groups -OCH3 is 2. The van der Waals surface area contributed by atoms with Crippen LogP contribution in [0.5, 0.6) is 11.9 Å². The molecule has 0 aliphatic carbocycles. The fraction of sp³-hybridized carbons (Fsp3) is 0.267. The van der Waals surface area contributed by atoms with Crippen molar-refractivity contribution in [1.29, 1.82) is 5.26 Å². The molecule has 0 saturated heterocycles. The molecule has 6 heteroatoms. The predicted octanol–water partition coefficient (Wildman–Crippen LogP) is 1.93. The summed E-state index contributed by atoms with van der Waals surface area (Å²) in [6, 6.07) is 12.0. The van der Waals surface area contributed by atoms with Crippen molar-refractivity contribution in [3.8, 4) is 18.0 Å². The summed E-state index contributed by atoms with van der Waals surface area (Å²) < 4.78 is 10.1. The summed E-state index contributed by atoms with van der Waals surface area (Å²) in [6.45, 7) is 0. The third-order valence-electron chi connectivity index (χ3n) is 3.06. The number of nitrogen functional groups attached to an aromatic ring is 1. The molecule has 1 atom stereocenters. The second kappa shape index (κ2) is 6.57. The van der Waals surface area contributed by atoms with Crippen LogP contribution in [-0.4, -0.2) is 24.2 Å². The fourth-order valence-electron chi connectivity index (χ4n) is 2.01. The maximum Gasteiger partial charge on any atom is 0.319 e. The van der Waals surface area contributed by atoms with Crippen LogP contribution < -0.4 is 15.2 Å². The molecule has 0 spiro atoms. The number of nitrogens with two attached hydrogens (primary N) is 1. The van der Waals surface area contributed by atoms with Crippen LogP contribution in [-0.2, 0) is 6.42 Å². The van der Waals surface area contributed by atoms with Crippen molar-refractivity contribution in [3.63, 3.8) is 0 Å². The summed E-state index contributed by atoms with van der Waals surface area (Å²) in [7, 11) is 2.91. The van der Waals surface area contributed by atoms with Gasteiger partial charge in [-0.2, -0.15) is 15.2 Å². The molecule has 2 N–H and O–H groups in total. The van der Waals surface area contributed by atoms with Crippen molar-refractivity contribution in [1.82, 2.24) is 9.97 Å². The Hall–Kier alpha value is -2.81. The van der Waals surface area contributed by atoms with Crippen LogP contribution in [0.4, 0.5) is 5.69 Å². The van der Waals surface area contributed by atoms with Crippen LogP contribution in [0.1, 0.15) is 17.2 Å². The quantitative estimate of drug-likeness (QED) is 0.901. The van der Waals surface area contributed by atoms with Crippen molar-refractivity contribution in [3.05, 3.63) is 41.6 Å². The molecule has 21 heavy (non-hydrogen) atoms. The smallest absolute Gasteiger partial charge is 0.319 e. The summed E-state index contributed by atoms with van der Waals surface area (Å²) in [5.41, 5.74) is 7.70. The van der Waals surface area contributed by atoms with E-state index >= 15 is 0 Å². The van der Waals surface area contributed by atoms with Gasteiger partial charge in [0.25, 0.3) is 0 Å². The number of anilines is 1. The maximum atomic E-state index is 9.44. The molecule has 0 bridgehead atoms. The third-order valence-corrected chi connectivity index (χ3v) is 3.06. The second-order valence-electron chi connectivity index (χ2n) is 4.39. The molecule has 0 unspecified atom stereocenters. The van der Waals surface area contributed by atoms with Gasteiger partial charge in [-0.15, -0.1) is 0 Å². The Bertz CT molecular complexity index is 653. The lowest BCUT2D eigenvalue weighted by atomic mass is 9.96. The van der Waals surface area contributed by atoms with E-state index in [0.29, 0.717) is 12.1 Å². The minimum absolute atomic E-state index is 0.129. The maximum absolute atomic E-state index is 9.44. The van der Waals surface area contributed by atoms with E-state index in [2.05, 4.69) is 16.0 Å². The number of benzene rings is 1. The number of nitrogens with zero attached hydrogens (tertiary/aromatic N) is 3. The van der Waals surface area contributed by atoms with Gasteiger partial charge >= 0.3 is 6.01 Å². The first kappa shape index (κ1) is 14.6. The molecule has 0 fully saturated rings. The van der Waals surface area contributed by atoms with Gasteiger partial charge in [-0.3, -0.25) is 0 Å². The molecule has 2 rings (SSSR count). The molecule has 1 aromatic heterocycles. The zero-order valence-corrected chi connectivity index (χ0v) is 11.9. The van der Waals surface area contributed by atoms with Crippen LogP contribution in [0.15, 0.2) is 30.3 Å². The molecule has 0 saturated carbocycles. The van der Waals surface area contributed by atoms with E-state index in [4.69, 9.17) is 15.2 Å². The Morgan fingerprint density at radius 3 is 2.48 bits per heavy atom. The van der Waals surface area contributed by atoms with Crippen molar-refractivity contribution in [2.45, 2.75) is 12.3 Å². The lowest BCUT2D eigenvalue weighted by Crippen LogP contribution is -2.11. The van der Waals surface area contributed by atoms with E-state index < -0.39 is 5.92 Å². The topological polar surface area (TPSA) is 94.0 Å². The normalized spacial score (nSPS) is 11.5. The highest BCUT2D eigenvalue weighted by molar-refractivity contribution is 5.55. The molecule has 2 aromatic rings. The predicted molar refractivity (Wildman–Crippen MR) is 78.0 cm³/mol. The Labute approximate surface area is 123 Å². The molecule has 0 amide bonds. The number of rotatable bonds is 5. The van der Waals surface area contributed by atoms with Gasteiger partial charge in [-0.05, 0) is 12.0 Å². The van der Waals surface area contributed by atoms with Crippen LogP contribution in [0.3, 0.4) is 0 Å². The van der Waals surface area contributed by atoms with Gasteiger partial charge in [0.05, 0.1) is 31.9 Å². The molecular weight excluding hydrogens is 268 g/mol. The zero-order chi connectivity index (χ0) is 15.2. The summed E-state index contributed by atoms with van der Waals surface area (Å²) in [5, 5.41) is 9.44. The van der Waals surface area contributed by atoms with E-state index in [1.807, 2.05) is 30.3 Å². The minimum atomic E-state index is -0.502. The van der Waals surface area contributed by atoms with E-state index in [1.165, 1.54) is 14.2 Å². The summed E-state index contributed by atoms with van der Waals surface area (Å²) >= 11 is 0. The van der Waals surface area contributed by atoms with E-state index in [9.17, 15) is 5.26 Å². The zero-order valence-electron chi connectivity index (χ0n) is 11.9. The van der Waals surface area contributed by atoms with E-state index in [0.717, 1.165) is 5.56 Å². The van der Waals surface area contributed by atoms with Gasteiger partial charge in [0.2, 0.25) is 5.88 Å². The standard InChI is InChI=1S/C15H16N4O2/c1-20-14-12(17)13(18-15(19-14)21-2)11(9-16)8-10-6-4-3-5-7-10/h3-7,11H,8,17H2,1-2H3/t11-/m1/s1. The number of aromatic nitrogens is 2. The van der Waals surface area contributed by atoms with Gasteiger partial charge in [-0.25, -0.2) is 0 Å². The monoisotopic (exact) mass is 284 g/mol. The van der Waals surface area contributed by atoms with Gasteiger partial charge in [-0.1, -0.05) is 30.3 Å². The van der Waals surface area contributed by atoms with Crippen LogP contribution in [0.2, 0.25) is 0 Å². The van der Waals surface area contributed by atoms with Gasteiger partial charge in [0.1, 0.15) is 5.69 Å². The average molecular weight is 284 g/mol. The van der Waals surface area contributed by atoms with Gasteiger partial charge in [0, 0.05) is 0 Å². The molecular formula is C15H16N4O2. The number of nitriles is 1. The van der Waals surface area contributed by atoms with Gasteiger partial charge < -0.3 is 15.2 Å². The number of hydrogen-bond acceptors (Lipinski definition) is 6. The fourth-order valence-corrected chi connectivity index (χ4v) is 2.01. The highest BCUT2D eigenvalue weighted by Gasteiger charge is 2.21. The molecule has 6 nitrogen and oxygen atoms in total. The Morgan fingerprint density at radius 1 is 1.19 bits per heavy atom. The minimum Gasteiger partial charge on any atom is -0.479 e. The van der Waals surface area contributed by atoms with Gasteiger partial charge in [0.15, 0.2) is 0 Å². The van der Waals surface area contributed by atoms with Crippen LogP contribution in [0, 0.1) is 11.3 Å². The molecule has 0 aliphatic heterocycles. The molecule has 1 heterocycles. The van der Waals surface area contributed by atoms with Crippen molar-refractivity contribution < 1.29 is 9.47 Å². The van der Waals surface area contributed by atoms with E-state index in [1.54, 1.807) is 0 Å². The first-order valence-electron chi connectivity index (χ1n) is 6.38. The lowest BCUT2D eigenvalue weighted by Gasteiger charge is -2.14. The summed E-state index contributed by atoms with van der Waals surface area (Å²) in [5.74, 6) is -0.289. The lowest BCUT2D eigenvalue weighted by molar-refractivity contribution is 0.351. The Morgan fingerprint density at radius 2 is 1.90 bits per heavy atom. The summed E-state index contributed by atoms with van der Waals surface area (Å²) in [6.07, 6.45) is 0.505. The van der Waals surface area contributed by atoms with Crippen molar-refractivity contribution >= 4 is 5.69 Å². The van der Waals surface area contributed by atoms with Crippen molar-refractivity contribution in [2.24, 2.45) is 0 Å². The molecule has 1 aromatic carbocycles. The third kappa shape index (κ3) is 3.20. The van der Waals surface area contributed by atoms with Crippen LogP contribution >= 0.6 is 0 Å². The highest BCUT2D eigenvalue weighted by atomic mass is 16.5. The molecule has 108 valence electrons. The Kier molecular flexibility index (Phi) is 4.57. The first-order chi connectivity index (χ1) is 10.2. The van der Waals surface area contributed by atoms with Crippen molar-refractivity contribution in [2.75, 3.05) is 20.0 Å². The molecule has 0 aliphatic rings. The first-order valence-corrected chi connectivity index (χ1v) is 6.38. The second-order valence-corrected chi connectivity index (χ2v) is 4.39. The SMILES string of the molecule is COc1nc(OC)c(N)c([C@@H](C#N)Cc2ccccc2)n1. The summed E-state index contributed by atoms with van der Waals surface area (Å²) in [4.78, 5) is 8.21.